The molecule has 0 saturated carbocycles. The second-order valence-electron chi connectivity index (χ2n) is 5.23. The van der Waals surface area contributed by atoms with Crippen molar-refractivity contribution < 1.29 is 0 Å². The number of anilines is 1. The van der Waals surface area contributed by atoms with Gasteiger partial charge in [-0.25, -0.2) is 4.98 Å². The minimum atomic E-state index is 0.410. The summed E-state index contributed by atoms with van der Waals surface area (Å²) < 4.78 is 1.17. The highest BCUT2D eigenvalue weighted by Crippen LogP contribution is 2.32. The summed E-state index contributed by atoms with van der Waals surface area (Å²) in [7, 11) is 0. The Hall–Kier alpha value is -0.870. The van der Waals surface area contributed by atoms with E-state index in [1.165, 1.54) is 26.0 Å². The Kier molecular flexibility index (Phi) is 4.31. The van der Waals surface area contributed by atoms with E-state index in [4.69, 9.17) is 5.73 Å². The van der Waals surface area contributed by atoms with Gasteiger partial charge in [0.15, 0.2) is 5.13 Å². The first-order valence-corrected chi connectivity index (χ1v) is 8.00. The predicted molar refractivity (Wildman–Crippen MR) is 87.0 cm³/mol. The Morgan fingerprint density at radius 3 is 2.58 bits per heavy atom. The lowest BCUT2D eigenvalue weighted by molar-refractivity contribution is 0.819. The molecule has 1 aromatic heterocycles. The van der Waals surface area contributed by atoms with Crippen molar-refractivity contribution in [1.82, 2.24) is 4.98 Å². The number of nitrogens with zero attached hydrogens (tertiary/aromatic N) is 1. The molecule has 0 saturated heterocycles. The van der Waals surface area contributed by atoms with Crippen LogP contribution in [0.3, 0.4) is 0 Å². The van der Waals surface area contributed by atoms with Crippen LogP contribution in [0.2, 0.25) is 0 Å². The molecule has 1 aromatic carbocycles. The number of hydrogen-bond acceptors (Lipinski definition) is 3. The van der Waals surface area contributed by atoms with Gasteiger partial charge in [-0.1, -0.05) is 35.8 Å². The smallest absolute Gasteiger partial charge is 0.180 e. The van der Waals surface area contributed by atoms with Crippen LogP contribution in [0, 0.1) is 13.8 Å². The van der Waals surface area contributed by atoms with E-state index in [9.17, 15) is 0 Å². The average Bonchev–Trinajstić information content (AvgIpc) is 2.65. The summed E-state index contributed by atoms with van der Waals surface area (Å²) in [5.74, 6) is 0.410. The molecule has 0 radical (unpaired) electrons. The van der Waals surface area contributed by atoms with E-state index in [2.05, 4.69) is 60.7 Å². The molecule has 0 amide bonds. The lowest BCUT2D eigenvalue weighted by Crippen LogP contribution is -1.98. The van der Waals surface area contributed by atoms with Crippen LogP contribution < -0.4 is 5.73 Å². The highest BCUT2D eigenvalue weighted by atomic mass is 79.9. The number of hydrogen-bond donors (Lipinski definition) is 1. The van der Waals surface area contributed by atoms with Crippen molar-refractivity contribution in [1.29, 1.82) is 0 Å². The summed E-state index contributed by atoms with van der Waals surface area (Å²) in [4.78, 5) is 5.74. The van der Waals surface area contributed by atoms with Crippen LogP contribution in [0.4, 0.5) is 5.13 Å². The Labute approximate surface area is 127 Å². The zero-order valence-corrected chi connectivity index (χ0v) is 14.2. The van der Waals surface area contributed by atoms with Crippen LogP contribution in [-0.4, -0.2) is 4.98 Å². The molecule has 4 heteroatoms. The molecule has 2 nitrogen and oxygen atoms in total. The third-order valence-corrected chi connectivity index (χ3v) is 4.80. The molecule has 0 fully saturated rings. The molecule has 0 bridgehead atoms. The standard InChI is InChI=1S/C15H19BrN2S/c1-8(2)14-13(19-15(17)18-14)7-11-10(4)5-9(3)6-12(11)16/h5-6,8H,7H2,1-4H3,(H2,17,18). The average molecular weight is 339 g/mol. The quantitative estimate of drug-likeness (QED) is 0.871. The Morgan fingerprint density at radius 1 is 1.32 bits per heavy atom. The van der Waals surface area contributed by atoms with Crippen molar-refractivity contribution in [3.05, 3.63) is 43.9 Å². The summed E-state index contributed by atoms with van der Waals surface area (Å²) in [5, 5.41) is 0.666. The van der Waals surface area contributed by atoms with Gasteiger partial charge in [0.05, 0.1) is 5.69 Å². The van der Waals surface area contributed by atoms with Gasteiger partial charge < -0.3 is 5.73 Å². The highest BCUT2D eigenvalue weighted by molar-refractivity contribution is 9.10. The van der Waals surface area contributed by atoms with E-state index in [0.29, 0.717) is 11.0 Å². The molecule has 2 N–H and O–H groups in total. The monoisotopic (exact) mass is 338 g/mol. The van der Waals surface area contributed by atoms with Crippen LogP contribution in [0.25, 0.3) is 0 Å². The fourth-order valence-electron chi connectivity index (χ4n) is 2.29. The molecule has 0 aliphatic heterocycles. The van der Waals surface area contributed by atoms with Crippen LogP contribution in [0.15, 0.2) is 16.6 Å². The van der Waals surface area contributed by atoms with Gasteiger partial charge in [-0.05, 0) is 42.5 Å². The Morgan fingerprint density at radius 2 is 2.00 bits per heavy atom. The predicted octanol–water partition coefficient (Wildman–Crippen LogP) is 4.82. The number of aromatic nitrogens is 1. The van der Waals surface area contributed by atoms with Crippen molar-refractivity contribution in [3.8, 4) is 0 Å². The maximum atomic E-state index is 5.87. The van der Waals surface area contributed by atoms with Crippen molar-refractivity contribution in [2.75, 3.05) is 5.73 Å². The van der Waals surface area contributed by atoms with Crippen LogP contribution in [0.1, 0.15) is 47.0 Å². The van der Waals surface area contributed by atoms with Gasteiger partial charge in [-0.2, -0.15) is 0 Å². The number of nitrogens with two attached hydrogens (primary N) is 1. The van der Waals surface area contributed by atoms with Gasteiger partial charge in [0.25, 0.3) is 0 Å². The van der Waals surface area contributed by atoms with Gasteiger partial charge in [0.1, 0.15) is 0 Å². The third kappa shape index (κ3) is 3.18. The highest BCUT2D eigenvalue weighted by Gasteiger charge is 2.15. The van der Waals surface area contributed by atoms with Crippen molar-refractivity contribution in [2.24, 2.45) is 0 Å². The summed E-state index contributed by atoms with van der Waals surface area (Å²) in [6, 6.07) is 4.39. The first-order valence-electron chi connectivity index (χ1n) is 6.39. The molecular formula is C15H19BrN2S. The van der Waals surface area contributed by atoms with E-state index in [0.717, 1.165) is 12.1 Å². The lowest BCUT2D eigenvalue weighted by atomic mass is 10.00. The molecular weight excluding hydrogens is 320 g/mol. The minimum absolute atomic E-state index is 0.410. The van der Waals surface area contributed by atoms with E-state index < -0.39 is 0 Å². The summed E-state index contributed by atoms with van der Waals surface area (Å²) in [5.41, 5.74) is 10.9. The molecule has 0 aliphatic rings. The maximum Gasteiger partial charge on any atom is 0.180 e. The molecule has 0 unspecified atom stereocenters. The fourth-order valence-corrected chi connectivity index (χ4v) is 4.10. The van der Waals surface area contributed by atoms with Crippen molar-refractivity contribution in [2.45, 2.75) is 40.0 Å². The zero-order chi connectivity index (χ0) is 14.2. The number of aryl methyl sites for hydroxylation is 2. The summed E-state index contributed by atoms with van der Waals surface area (Å²) in [6.07, 6.45) is 0.898. The molecule has 1 heterocycles. The van der Waals surface area contributed by atoms with Gasteiger partial charge in [-0.15, -0.1) is 11.3 Å². The van der Waals surface area contributed by atoms with E-state index in [1.54, 1.807) is 11.3 Å². The van der Waals surface area contributed by atoms with Gasteiger partial charge >= 0.3 is 0 Å². The molecule has 102 valence electrons. The molecule has 2 aromatic rings. The van der Waals surface area contributed by atoms with E-state index >= 15 is 0 Å². The molecule has 2 rings (SSSR count). The van der Waals surface area contributed by atoms with Crippen LogP contribution >= 0.6 is 27.3 Å². The molecule has 0 atom stereocenters. The molecule has 0 aliphatic carbocycles. The van der Waals surface area contributed by atoms with Crippen LogP contribution in [0.5, 0.6) is 0 Å². The molecule has 0 spiro atoms. The summed E-state index contributed by atoms with van der Waals surface area (Å²) in [6.45, 7) is 8.60. The van der Waals surface area contributed by atoms with Crippen LogP contribution in [-0.2, 0) is 6.42 Å². The largest absolute Gasteiger partial charge is 0.375 e. The molecule has 19 heavy (non-hydrogen) atoms. The number of benzene rings is 1. The van der Waals surface area contributed by atoms with Gasteiger partial charge in [0.2, 0.25) is 0 Å². The first-order chi connectivity index (χ1) is 8.88. The maximum absolute atomic E-state index is 5.87. The first kappa shape index (κ1) is 14.5. The lowest BCUT2D eigenvalue weighted by Gasteiger charge is -2.11. The number of thiazole rings is 1. The van der Waals surface area contributed by atoms with E-state index in [-0.39, 0.29) is 0 Å². The van der Waals surface area contributed by atoms with E-state index in [1.807, 2.05) is 0 Å². The second kappa shape index (κ2) is 5.63. The normalized spacial score (nSPS) is 11.3. The third-order valence-electron chi connectivity index (χ3n) is 3.19. The summed E-state index contributed by atoms with van der Waals surface area (Å²) >= 11 is 5.28. The fraction of sp³-hybridized carbons (Fsp3) is 0.400. The Balaban J connectivity index is 2.42. The second-order valence-corrected chi connectivity index (χ2v) is 7.20. The zero-order valence-electron chi connectivity index (χ0n) is 11.7. The van der Waals surface area contributed by atoms with Crippen molar-refractivity contribution >= 4 is 32.4 Å². The number of nitrogen functional groups attached to an aromatic ring is 1. The van der Waals surface area contributed by atoms with Gasteiger partial charge in [0, 0.05) is 15.8 Å². The number of rotatable bonds is 3. The topological polar surface area (TPSA) is 38.9 Å². The number of halogens is 1. The SMILES string of the molecule is Cc1cc(C)c(Cc2sc(N)nc2C(C)C)c(Br)c1. The van der Waals surface area contributed by atoms with Gasteiger partial charge in [-0.3, -0.25) is 0 Å². The van der Waals surface area contributed by atoms with Crippen molar-refractivity contribution in [3.63, 3.8) is 0 Å². The Bertz CT molecular complexity index is 579. The minimum Gasteiger partial charge on any atom is -0.375 e.